The Kier molecular flexibility index (Phi) is 8.37. The average molecular weight is 420 g/mol. The molecule has 0 saturated carbocycles. The highest BCUT2D eigenvalue weighted by Gasteiger charge is 2.18. The summed E-state index contributed by atoms with van der Waals surface area (Å²) in [4.78, 5) is 28.3. The number of thioether (sulfide) groups is 1. The van der Waals surface area contributed by atoms with E-state index >= 15 is 0 Å². The lowest BCUT2D eigenvalue weighted by molar-refractivity contribution is -0.115. The van der Waals surface area contributed by atoms with Gasteiger partial charge in [-0.05, 0) is 30.5 Å². The molecule has 0 bridgehead atoms. The van der Waals surface area contributed by atoms with Crippen molar-refractivity contribution in [2.75, 3.05) is 24.0 Å². The van der Waals surface area contributed by atoms with Crippen LogP contribution in [0.1, 0.15) is 13.3 Å². The van der Waals surface area contributed by atoms with E-state index < -0.39 is 17.3 Å². The Morgan fingerprint density at radius 1 is 1.11 bits per heavy atom. The Hall–Kier alpha value is -2.49. The number of anilines is 2. The molecular formula is C19H21N3O4S2. The van der Waals surface area contributed by atoms with Crippen LogP contribution in [0.2, 0.25) is 0 Å². The number of nitrogens with zero attached hydrogens (tertiary/aromatic N) is 1. The number of benzene rings is 2. The van der Waals surface area contributed by atoms with Gasteiger partial charge in [0.15, 0.2) is 15.0 Å². The predicted molar refractivity (Wildman–Crippen MR) is 113 cm³/mol. The van der Waals surface area contributed by atoms with E-state index in [0.717, 1.165) is 0 Å². The number of nitrogens with one attached hydrogen (secondary N) is 2. The molecule has 0 aliphatic rings. The maximum atomic E-state index is 12.8. The van der Waals surface area contributed by atoms with Gasteiger partial charge in [-0.3, -0.25) is 4.79 Å². The average Bonchev–Trinajstić information content (AvgIpc) is 2.74. The molecule has 0 fully saturated rings. The minimum absolute atomic E-state index is 0.193. The fourth-order valence-electron chi connectivity index (χ4n) is 2.14. The fourth-order valence-corrected chi connectivity index (χ4v) is 3.61. The molecule has 2 aromatic carbocycles. The van der Waals surface area contributed by atoms with Crippen LogP contribution in [0.3, 0.4) is 0 Å². The van der Waals surface area contributed by atoms with Gasteiger partial charge in [-0.15, -0.1) is 0 Å². The van der Waals surface area contributed by atoms with Crippen LogP contribution >= 0.6 is 11.8 Å². The normalized spacial score (nSPS) is 12.2. The largest absolute Gasteiger partial charge is 0.606 e. The fraction of sp³-hybridized carbons (Fsp3) is 0.211. The van der Waals surface area contributed by atoms with E-state index in [0.29, 0.717) is 26.3 Å². The molecule has 0 heterocycles. The lowest BCUT2D eigenvalue weighted by Crippen LogP contribution is -2.16. The summed E-state index contributed by atoms with van der Waals surface area (Å²) in [6.07, 6.45) is 1.30. The summed E-state index contributed by atoms with van der Waals surface area (Å²) < 4.78 is 17.4. The van der Waals surface area contributed by atoms with Crippen molar-refractivity contribution in [1.29, 1.82) is 0 Å². The molecule has 1 unspecified atom stereocenters. The minimum Gasteiger partial charge on any atom is -0.606 e. The monoisotopic (exact) mass is 419 g/mol. The van der Waals surface area contributed by atoms with Gasteiger partial charge in [-0.25, -0.2) is 4.79 Å². The highest BCUT2D eigenvalue weighted by atomic mass is 32.2. The van der Waals surface area contributed by atoms with Gasteiger partial charge in [-0.1, -0.05) is 36.9 Å². The zero-order valence-corrected chi connectivity index (χ0v) is 17.4. The van der Waals surface area contributed by atoms with E-state index in [1.807, 2.05) is 18.2 Å². The van der Waals surface area contributed by atoms with E-state index in [1.165, 1.54) is 18.9 Å². The van der Waals surface area contributed by atoms with Gasteiger partial charge in [0.1, 0.15) is 0 Å². The van der Waals surface area contributed by atoms with Crippen LogP contribution in [0, 0.1) is 0 Å². The summed E-state index contributed by atoms with van der Waals surface area (Å²) >= 11 is -0.181. The van der Waals surface area contributed by atoms with Crippen LogP contribution in [-0.2, 0) is 20.7 Å². The first-order valence-electron chi connectivity index (χ1n) is 8.36. The molecule has 148 valence electrons. The maximum Gasteiger partial charge on any atom is 0.435 e. The molecule has 2 amide bonds. The second-order valence-electron chi connectivity index (χ2n) is 5.41. The van der Waals surface area contributed by atoms with Crippen LogP contribution < -0.4 is 10.6 Å². The van der Waals surface area contributed by atoms with Gasteiger partial charge < -0.3 is 19.9 Å². The summed E-state index contributed by atoms with van der Waals surface area (Å²) in [5.41, 5.74) is 0.966. The van der Waals surface area contributed by atoms with Crippen LogP contribution in [0.4, 0.5) is 16.2 Å². The lowest BCUT2D eigenvalue weighted by atomic mass is 10.2. The van der Waals surface area contributed by atoms with Crippen molar-refractivity contribution < 1.29 is 18.9 Å². The number of ether oxygens (including phenoxy) is 1. The first kappa shape index (κ1) is 21.8. The van der Waals surface area contributed by atoms with E-state index in [4.69, 9.17) is 0 Å². The van der Waals surface area contributed by atoms with Gasteiger partial charge in [0, 0.05) is 23.7 Å². The zero-order chi connectivity index (χ0) is 20.5. The summed E-state index contributed by atoms with van der Waals surface area (Å²) in [6, 6.07) is 14.1. The van der Waals surface area contributed by atoms with Gasteiger partial charge in [0.25, 0.3) is 0 Å². The topological polar surface area (TPSA) is 103 Å². The zero-order valence-electron chi connectivity index (χ0n) is 15.7. The summed E-state index contributed by atoms with van der Waals surface area (Å²) in [7, 11) is 1.24. The van der Waals surface area contributed by atoms with Crippen molar-refractivity contribution in [3.8, 4) is 0 Å². The molecule has 2 rings (SSSR count). The highest BCUT2D eigenvalue weighted by molar-refractivity contribution is 8.13. The van der Waals surface area contributed by atoms with Crippen molar-refractivity contribution in [1.82, 2.24) is 0 Å². The Balaban J connectivity index is 2.38. The third kappa shape index (κ3) is 6.01. The molecule has 28 heavy (non-hydrogen) atoms. The molecule has 0 radical (unpaired) electrons. The van der Waals surface area contributed by atoms with Crippen molar-refractivity contribution in [2.45, 2.75) is 23.1 Å². The van der Waals surface area contributed by atoms with Crippen molar-refractivity contribution in [2.24, 2.45) is 4.99 Å². The van der Waals surface area contributed by atoms with E-state index in [2.05, 4.69) is 20.4 Å². The summed E-state index contributed by atoms with van der Waals surface area (Å²) in [5, 5.41) is 6.09. The molecule has 2 aromatic rings. The van der Waals surface area contributed by atoms with Crippen molar-refractivity contribution in [3.63, 3.8) is 0 Å². The Bertz CT molecular complexity index is 860. The Labute approximate surface area is 171 Å². The third-order valence-electron chi connectivity index (χ3n) is 3.56. The lowest BCUT2D eigenvalue weighted by Gasteiger charge is -2.16. The minimum atomic E-state index is -1.40. The number of amidine groups is 1. The van der Waals surface area contributed by atoms with Crippen molar-refractivity contribution >= 4 is 51.5 Å². The maximum absolute atomic E-state index is 12.8. The molecule has 0 aliphatic carbocycles. The standard InChI is InChI=1S/C19H21N3O4S2/c1-4-17(23)20-16-12-14(28(25)13-8-6-5-7-9-13)10-11-15(16)21-18(27-3)22-19(24)26-2/h5-12H,4H2,1-3H3,(H,20,23)(H,21,22,24). The van der Waals surface area contributed by atoms with Gasteiger partial charge >= 0.3 is 6.09 Å². The van der Waals surface area contributed by atoms with Gasteiger partial charge in [0.2, 0.25) is 5.91 Å². The molecule has 1 atom stereocenters. The second kappa shape index (κ2) is 10.7. The number of methoxy groups -OCH3 is 1. The smallest absolute Gasteiger partial charge is 0.435 e. The number of carbonyl (C=O) groups excluding carboxylic acids is 2. The number of aliphatic imine (C=N–C) groups is 1. The first-order chi connectivity index (χ1) is 13.5. The van der Waals surface area contributed by atoms with E-state index in [1.54, 1.807) is 43.5 Å². The van der Waals surface area contributed by atoms with E-state index in [9.17, 15) is 14.1 Å². The van der Waals surface area contributed by atoms with Gasteiger partial charge in [-0.2, -0.15) is 4.99 Å². The second-order valence-corrected chi connectivity index (χ2v) is 7.68. The van der Waals surface area contributed by atoms with E-state index in [-0.39, 0.29) is 12.3 Å². The third-order valence-corrected chi connectivity index (χ3v) is 5.52. The first-order valence-corrected chi connectivity index (χ1v) is 10.7. The number of hydrogen-bond acceptors (Lipinski definition) is 5. The molecule has 0 spiro atoms. The van der Waals surface area contributed by atoms with Crippen LogP contribution in [0.15, 0.2) is 63.3 Å². The predicted octanol–water partition coefficient (Wildman–Crippen LogP) is 4.10. The molecule has 0 saturated heterocycles. The summed E-state index contributed by atoms with van der Waals surface area (Å²) in [6.45, 7) is 1.74. The molecule has 0 aliphatic heterocycles. The summed E-state index contributed by atoms with van der Waals surface area (Å²) in [5.74, 6) is -0.193. The molecule has 9 heteroatoms. The number of hydrogen-bond donors (Lipinski definition) is 2. The quantitative estimate of drug-likeness (QED) is 0.430. The number of carbonyl (C=O) groups is 2. The number of amides is 2. The van der Waals surface area contributed by atoms with Crippen molar-refractivity contribution in [3.05, 3.63) is 48.5 Å². The SMILES string of the molecule is CCC(=O)Nc1cc([S+]([O-])c2ccccc2)ccc1NC(=NC(=O)OC)SC. The molecule has 0 aromatic heterocycles. The van der Waals surface area contributed by atoms with Crippen LogP contribution in [-0.4, -0.2) is 35.1 Å². The van der Waals surface area contributed by atoms with Gasteiger partial charge in [0.05, 0.1) is 18.5 Å². The van der Waals surface area contributed by atoms with Crippen LogP contribution in [0.25, 0.3) is 0 Å². The molecular weight excluding hydrogens is 398 g/mol. The molecule has 7 nitrogen and oxygen atoms in total. The highest BCUT2D eigenvalue weighted by Crippen LogP contribution is 2.29. The Morgan fingerprint density at radius 3 is 2.43 bits per heavy atom. The molecule has 2 N–H and O–H groups in total. The Morgan fingerprint density at radius 2 is 1.82 bits per heavy atom. The number of rotatable bonds is 5. The van der Waals surface area contributed by atoms with Crippen LogP contribution in [0.5, 0.6) is 0 Å².